The van der Waals surface area contributed by atoms with Crippen LogP contribution in [0, 0.1) is 6.92 Å². The molecule has 5 rings (SSSR count). The van der Waals surface area contributed by atoms with Crippen molar-refractivity contribution in [2.45, 2.75) is 26.2 Å². The highest BCUT2D eigenvalue weighted by Gasteiger charge is 2.35. The predicted molar refractivity (Wildman–Crippen MR) is 128 cm³/mol. The molecule has 0 fully saturated rings. The minimum absolute atomic E-state index is 0.155. The Balaban J connectivity index is 1.46. The highest BCUT2D eigenvalue weighted by atomic mass is 16.5. The van der Waals surface area contributed by atoms with Crippen LogP contribution in [-0.2, 0) is 5.41 Å². The molecule has 4 aromatic heterocycles. The molecule has 8 heteroatoms. The average molecular weight is 441 g/mol. The molecule has 0 spiro atoms. The summed E-state index contributed by atoms with van der Waals surface area (Å²) in [5, 5.41) is 6.86. The number of ether oxygens (including phenoxy) is 1. The predicted octanol–water partition coefficient (Wildman–Crippen LogP) is 4.36. The minimum Gasteiger partial charge on any atom is -0.490 e. The number of fused-ring (bicyclic) bond motifs is 2. The Morgan fingerprint density at radius 2 is 1.91 bits per heavy atom. The van der Waals surface area contributed by atoms with Gasteiger partial charge in [0.25, 0.3) is 5.91 Å². The summed E-state index contributed by atoms with van der Waals surface area (Å²) in [6.07, 6.45) is 6.88. The van der Waals surface area contributed by atoms with Crippen molar-refractivity contribution in [3.63, 3.8) is 0 Å². The topological polar surface area (TPSA) is 102 Å². The third-order valence-electron chi connectivity index (χ3n) is 5.90. The summed E-state index contributed by atoms with van der Waals surface area (Å²) in [6.45, 7) is 6.62. The third kappa shape index (κ3) is 3.73. The second kappa shape index (κ2) is 7.81. The van der Waals surface area contributed by atoms with Gasteiger partial charge in [-0.2, -0.15) is 0 Å². The summed E-state index contributed by atoms with van der Waals surface area (Å²) in [4.78, 5) is 30.8. The average Bonchev–Trinajstić information content (AvgIpc) is 3.14. The molecule has 0 unspecified atom stereocenters. The van der Waals surface area contributed by atoms with Gasteiger partial charge in [-0.1, -0.05) is 13.8 Å². The molecule has 2 N–H and O–H groups in total. The van der Waals surface area contributed by atoms with Gasteiger partial charge in [-0.15, -0.1) is 0 Å². The van der Waals surface area contributed by atoms with Gasteiger partial charge in [0.2, 0.25) is 0 Å². The van der Waals surface area contributed by atoms with Gasteiger partial charge in [0, 0.05) is 64.9 Å². The number of carbonyl (C=O) groups is 1. The molecule has 0 saturated heterocycles. The van der Waals surface area contributed by atoms with Crippen LogP contribution < -0.4 is 15.4 Å². The van der Waals surface area contributed by atoms with E-state index in [1.165, 1.54) is 0 Å². The number of amides is 1. The lowest BCUT2D eigenvalue weighted by Crippen LogP contribution is -2.18. The Labute approximate surface area is 191 Å². The molecule has 166 valence electrons. The Morgan fingerprint density at radius 3 is 2.73 bits per heavy atom. The van der Waals surface area contributed by atoms with Gasteiger partial charge in [-0.25, -0.2) is 9.97 Å². The van der Waals surface area contributed by atoms with Crippen LogP contribution in [0.3, 0.4) is 0 Å². The van der Waals surface area contributed by atoms with Crippen molar-refractivity contribution in [2.24, 2.45) is 0 Å². The first-order chi connectivity index (χ1) is 15.9. The molecule has 1 amide bonds. The first-order valence-electron chi connectivity index (χ1n) is 10.7. The number of aryl methyl sites for hydroxylation is 1. The maximum Gasteiger partial charge on any atom is 0.278 e. The maximum absolute atomic E-state index is 13.0. The summed E-state index contributed by atoms with van der Waals surface area (Å²) in [5.41, 5.74) is 5.13. The van der Waals surface area contributed by atoms with E-state index < -0.39 is 0 Å². The number of rotatable bonds is 4. The lowest BCUT2D eigenvalue weighted by atomic mass is 9.87. The van der Waals surface area contributed by atoms with Gasteiger partial charge in [0.15, 0.2) is 11.4 Å². The van der Waals surface area contributed by atoms with Crippen molar-refractivity contribution >= 4 is 28.3 Å². The summed E-state index contributed by atoms with van der Waals surface area (Å²) < 4.78 is 5.82. The number of anilines is 2. The first-order valence-corrected chi connectivity index (χ1v) is 10.7. The molecular weight excluding hydrogens is 416 g/mol. The van der Waals surface area contributed by atoms with Crippen molar-refractivity contribution < 1.29 is 9.53 Å². The van der Waals surface area contributed by atoms with Crippen LogP contribution >= 0.6 is 0 Å². The van der Waals surface area contributed by atoms with E-state index in [-0.39, 0.29) is 17.0 Å². The quantitative estimate of drug-likeness (QED) is 0.486. The number of carbonyl (C=O) groups excluding carboxylic acids is 1. The summed E-state index contributed by atoms with van der Waals surface area (Å²) in [6, 6.07) is 7.72. The second-order valence-corrected chi connectivity index (χ2v) is 8.76. The summed E-state index contributed by atoms with van der Waals surface area (Å²) in [5.74, 6) is 0.979. The fraction of sp³-hybridized carbons (Fsp3) is 0.240. The molecule has 8 nitrogen and oxygen atoms in total. The lowest BCUT2D eigenvalue weighted by molar-refractivity contribution is 0.101. The van der Waals surface area contributed by atoms with Gasteiger partial charge in [-0.3, -0.25) is 14.8 Å². The largest absolute Gasteiger partial charge is 0.490 e. The van der Waals surface area contributed by atoms with Gasteiger partial charge < -0.3 is 15.4 Å². The fourth-order valence-electron chi connectivity index (χ4n) is 4.01. The maximum atomic E-state index is 13.0. The van der Waals surface area contributed by atoms with E-state index in [0.717, 1.165) is 39.1 Å². The highest BCUT2D eigenvalue weighted by Crippen LogP contribution is 2.40. The SMILES string of the molecule is CNc1cc2ncc(-c3cc(NC(=O)c4nccc5c4OCC5(C)C)cnc3C)cc2cn1. The second-order valence-electron chi connectivity index (χ2n) is 8.76. The van der Waals surface area contributed by atoms with Crippen LogP contribution in [0.2, 0.25) is 0 Å². The number of pyridine rings is 4. The Morgan fingerprint density at radius 1 is 1.06 bits per heavy atom. The molecule has 4 aromatic rings. The van der Waals surface area contributed by atoms with E-state index in [1.807, 2.05) is 38.2 Å². The number of nitrogens with zero attached hydrogens (tertiary/aromatic N) is 4. The molecule has 5 heterocycles. The van der Waals surface area contributed by atoms with E-state index in [9.17, 15) is 4.79 Å². The van der Waals surface area contributed by atoms with E-state index in [4.69, 9.17) is 4.74 Å². The van der Waals surface area contributed by atoms with Crippen LogP contribution in [-0.4, -0.2) is 39.5 Å². The van der Waals surface area contributed by atoms with Crippen LogP contribution in [0.5, 0.6) is 5.75 Å². The normalized spacial score (nSPS) is 13.9. The van der Waals surface area contributed by atoms with Crippen molar-refractivity contribution in [3.8, 4) is 16.9 Å². The van der Waals surface area contributed by atoms with Gasteiger partial charge in [0.1, 0.15) is 5.82 Å². The Bertz CT molecular complexity index is 1400. The molecule has 0 saturated carbocycles. The van der Waals surface area contributed by atoms with Crippen molar-refractivity contribution in [1.29, 1.82) is 0 Å². The van der Waals surface area contributed by atoms with Crippen LogP contribution in [0.4, 0.5) is 11.5 Å². The minimum atomic E-state index is -0.332. The van der Waals surface area contributed by atoms with Crippen LogP contribution in [0.25, 0.3) is 22.0 Å². The molecular formula is C25H24N6O2. The van der Waals surface area contributed by atoms with E-state index >= 15 is 0 Å². The van der Waals surface area contributed by atoms with Gasteiger partial charge >= 0.3 is 0 Å². The van der Waals surface area contributed by atoms with Crippen molar-refractivity contribution in [3.05, 3.63) is 66.0 Å². The zero-order valence-electron chi connectivity index (χ0n) is 18.9. The van der Waals surface area contributed by atoms with Crippen molar-refractivity contribution in [1.82, 2.24) is 19.9 Å². The van der Waals surface area contributed by atoms with E-state index in [0.29, 0.717) is 18.0 Å². The van der Waals surface area contributed by atoms with Crippen LogP contribution in [0.15, 0.2) is 49.1 Å². The van der Waals surface area contributed by atoms with E-state index in [2.05, 4.69) is 44.4 Å². The number of nitrogens with one attached hydrogen (secondary N) is 2. The monoisotopic (exact) mass is 440 g/mol. The molecule has 1 aliphatic rings. The van der Waals surface area contributed by atoms with E-state index in [1.54, 1.807) is 24.8 Å². The van der Waals surface area contributed by atoms with Crippen molar-refractivity contribution in [2.75, 3.05) is 24.3 Å². The lowest BCUT2D eigenvalue weighted by Gasteiger charge is -2.14. The fourth-order valence-corrected chi connectivity index (χ4v) is 4.01. The number of hydrogen-bond acceptors (Lipinski definition) is 7. The molecule has 0 atom stereocenters. The molecule has 0 aromatic carbocycles. The summed E-state index contributed by atoms with van der Waals surface area (Å²) >= 11 is 0. The zero-order chi connectivity index (χ0) is 23.2. The summed E-state index contributed by atoms with van der Waals surface area (Å²) in [7, 11) is 1.82. The van der Waals surface area contributed by atoms with Gasteiger partial charge in [-0.05, 0) is 25.1 Å². The number of aromatic nitrogens is 4. The standard InChI is InChI=1S/C25H24N6O2/c1-14-18(15-7-16-11-30-21(26-4)9-20(16)29-10-15)8-17(12-28-14)31-24(32)22-23-19(5-6-27-22)25(2,3)13-33-23/h5-12H,13H2,1-4H3,(H,26,30)(H,31,32). The zero-order valence-corrected chi connectivity index (χ0v) is 18.9. The molecule has 33 heavy (non-hydrogen) atoms. The smallest absolute Gasteiger partial charge is 0.278 e. The molecule has 0 aliphatic carbocycles. The number of hydrogen-bond donors (Lipinski definition) is 2. The third-order valence-corrected chi connectivity index (χ3v) is 5.90. The molecule has 0 radical (unpaired) electrons. The first kappa shape index (κ1) is 20.8. The highest BCUT2D eigenvalue weighted by molar-refractivity contribution is 6.05. The Kier molecular flexibility index (Phi) is 4.92. The molecule has 1 aliphatic heterocycles. The van der Waals surface area contributed by atoms with Gasteiger partial charge in [0.05, 0.1) is 24.0 Å². The van der Waals surface area contributed by atoms with Crippen LogP contribution in [0.1, 0.15) is 35.6 Å². The molecule has 0 bridgehead atoms. The Hall–Kier alpha value is -4.07.